The molecule has 1 N–H and O–H groups in total. The van der Waals surface area contributed by atoms with Gasteiger partial charge < -0.3 is 5.32 Å². The zero-order valence-corrected chi connectivity index (χ0v) is 7.47. The molecule has 0 aromatic rings. The zero-order valence-electron chi connectivity index (χ0n) is 7.47. The molecule has 1 nitrogen and oxygen atoms in total. The maximum atomic E-state index is 3.72. The summed E-state index contributed by atoms with van der Waals surface area (Å²) in [4.78, 5) is 0. The summed E-state index contributed by atoms with van der Waals surface area (Å²) in [7, 11) is 0. The summed E-state index contributed by atoms with van der Waals surface area (Å²) >= 11 is 0. The number of allylic oxidation sites excluding steroid dienone is 1. The third kappa shape index (κ3) is 3.06. The third-order valence-corrected chi connectivity index (χ3v) is 2.43. The van der Waals surface area contributed by atoms with Crippen molar-refractivity contribution in [1.82, 2.24) is 5.32 Å². The van der Waals surface area contributed by atoms with E-state index in [1.54, 1.807) is 0 Å². The summed E-state index contributed by atoms with van der Waals surface area (Å²) in [5.74, 6) is 0. The van der Waals surface area contributed by atoms with E-state index in [-0.39, 0.29) is 0 Å². The molecule has 1 heterocycles. The van der Waals surface area contributed by atoms with Crippen LogP contribution < -0.4 is 5.32 Å². The van der Waals surface area contributed by atoms with E-state index >= 15 is 0 Å². The molecule has 0 aromatic carbocycles. The highest BCUT2D eigenvalue weighted by Crippen LogP contribution is 2.16. The molecule has 1 rings (SSSR count). The Morgan fingerprint density at radius 1 is 1.55 bits per heavy atom. The SMILES string of the molecule is C=CCCC[C@@H]1CC[C@@H](C)N1. The van der Waals surface area contributed by atoms with Crippen molar-refractivity contribution in [2.24, 2.45) is 0 Å². The van der Waals surface area contributed by atoms with E-state index in [1.807, 2.05) is 6.08 Å². The number of unbranched alkanes of at least 4 members (excludes halogenated alkanes) is 1. The van der Waals surface area contributed by atoms with Crippen LogP contribution in [0.3, 0.4) is 0 Å². The first kappa shape index (κ1) is 8.79. The van der Waals surface area contributed by atoms with Crippen molar-refractivity contribution in [2.45, 2.75) is 51.1 Å². The first-order valence-electron chi connectivity index (χ1n) is 4.70. The monoisotopic (exact) mass is 153 g/mol. The van der Waals surface area contributed by atoms with Gasteiger partial charge >= 0.3 is 0 Å². The molecule has 1 heteroatoms. The first-order valence-corrected chi connectivity index (χ1v) is 4.70. The van der Waals surface area contributed by atoms with Crippen molar-refractivity contribution in [1.29, 1.82) is 0 Å². The molecule has 0 aliphatic carbocycles. The van der Waals surface area contributed by atoms with Crippen molar-refractivity contribution in [2.75, 3.05) is 0 Å². The highest BCUT2D eigenvalue weighted by atomic mass is 15.0. The van der Waals surface area contributed by atoms with Crippen LogP contribution in [0.4, 0.5) is 0 Å². The van der Waals surface area contributed by atoms with E-state index in [4.69, 9.17) is 0 Å². The summed E-state index contributed by atoms with van der Waals surface area (Å²) < 4.78 is 0. The summed E-state index contributed by atoms with van der Waals surface area (Å²) in [6, 6.07) is 1.55. The minimum absolute atomic E-state index is 0.753. The van der Waals surface area contributed by atoms with Crippen molar-refractivity contribution in [3.8, 4) is 0 Å². The van der Waals surface area contributed by atoms with Crippen molar-refractivity contribution >= 4 is 0 Å². The molecule has 0 radical (unpaired) electrons. The lowest BCUT2D eigenvalue weighted by atomic mass is 10.1. The fourth-order valence-electron chi connectivity index (χ4n) is 1.76. The molecule has 1 fully saturated rings. The van der Waals surface area contributed by atoms with Gasteiger partial charge in [-0.25, -0.2) is 0 Å². The van der Waals surface area contributed by atoms with Gasteiger partial charge in [0.15, 0.2) is 0 Å². The normalized spacial score (nSPS) is 30.6. The van der Waals surface area contributed by atoms with E-state index in [2.05, 4.69) is 18.8 Å². The summed E-state index contributed by atoms with van der Waals surface area (Å²) in [6.45, 7) is 5.99. The topological polar surface area (TPSA) is 12.0 Å². The van der Waals surface area contributed by atoms with Crippen LogP contribution in [0.15, 0.2) is 12.7 Å². The Morgan fingerprint density at radius 2 is 2.36 bits per heavy atom. The fourth-order valence-corrected chi connectivity index (χ4v) is 1.76. The van der Waals surface area contributed by atoms with Gasteiger partial charge in [0.25, 0.3) is 0 Å². The van der Waals surface area contributed by atoms with Crippen LogP contribution in [-0.4, -0.2) is 12.1 Å². The highest BCUT2D eigenvalue weighted by Gasteiger charge is 2.18. The Bertz CT molecular complexity index is 120. The van der Waals surface area contributed by atoms with E-state index in [0.29, 0.717) is 0 Å². The molecule has 1 saturated heterocycles. The fraction of sp³-hybridized carbons (Fsp3) is 0.800. The molecular formula is C10H19N. The summed E-state index contributed by atoms with van der Waals surface area (Å²) in [5.41, 5.74) is 0. The number of rotatable bonds is 4. The molecule has 1 aliphatic rings. The minimum atomic E-state index is 0.753. The van der Waals surface area contributed by atoms with E-state index in [0.717, 1.165) is 12.1 Å². The van der Waals surface area contributed by atoms with Crippen LogP contribution >= 0.6 is 0 Å². The van der Waals surface area contributed by atoms with Gasteiger partial charge in [-0.15, -0.1) is 6.58 Å². The number of hydrogen-bond donors (Lipinski definition) is 1. The Balaban J connectivity index is 2.03. The average Bonchev–Trinajstić information content (AvgIpc) is 2.37. The first-order chi connectivity index (χ1) is 5.33. The van der Waals surface area contributed by atoms with E-state index in [1.165, 1.54) is 32.1 Å². The Labute approximate surface area is 69.9 Å². The van der Waals surface area contributed by atoms with E-state index < -0.39 is 0 Å². The number of hydrogen-bond acceptors (Lipinski definition) is 1. The maximum absolute atomic E-state index is 3.72. The second-order valence-corrected chi connectivity index (χ2v) is 3.56. The molecule has 2 atom stereocenters. The van der Waals surface area contributed by atoms with Crippen LogP contribution in [-0.2, 0) is 0 Å². The minimum Gasteiger partial charge on any atom is -0.312 e. The lowest BCUT2D eigenvalue weighted by Gasteiger charge is -2.09. The third-order valence-electron chi connectivity index (χ3n) is 2.43. The number of nitrogens with one attached hydrogen (secondary N) is 1. The van der Waals surface area contributed by atoms with Gasteiger partial charge in [-0.05, 0) is 39.0 Å². The molecule has 0 aromatic heterocycles. The van der Waals surface area contributed by atoms with E-state index in [9.17, 15) is 0 Å². The van der Waals surface area contributed by atoms with Crippen LogP contribution in [0.5, 0.6) is 0 Å². The zero-order chi connectivity index (χ0) is 8.10. The quantitative estimate of drug-likeness (QED) is 0.483. The predicted octanol–water partition coefficient (Wildman–Crippen LogP) is 2.48. The van der Waals surface area contributed by atoms with Crippen molar-refractivity contribution < 1.29 is 0 Å². The highest BCUT2D eigenvalue weighted by molar-refractivity contribution is 4.81. The maximum Gasteiger partial charge on any atom is 0.00702 e. The van der Waals surface area contributed by atoms with Gasteiger partial charge in [-0.1, -0.05) is 6.08 Å². The standard InChI is InChI=1S/C10H19N/c1-3-4-5-6-10-8-7-9(2)11-10/h3,9-11H,1,4-8H2,2H3/t9-,10-/m1/s1. The van der Waals surface area contributed by atoms with Crippen LogP contribution in [0.2, 0.25) is 0 Å². The summed E-state index contributed by atoms with van der Waals surface area (Å²) in [6.07, 6.45) is 8.55. The lowest BCUT2D eigenvalue weighted by molar-refractivity contribution is 0.512. The van der Waals surface area contributed by atoms with Gasteiger partial charge in [0.05, 0.1) is 0 Å². The smallest absolute Gasteiger partial charge is 0.00702 e. The molecule has 1 aliphatic heterocycles. The average molecular weight is 153 g/mol. The molecule has 0 spiro atoms. The van der Waals surface area contributed by atoms with Crippen LogP contribution in [0.25, 0.3) is 0 Å². The van der Waals surface area contributed by atoms with Crippen molar-refractivity contribution in [3.63, 3.8) is 0 Å². The van der Waals surface area contributed by atoms with Crippen LogP contribution in [0, 0.1) is 0 Å². The van der Waals surface area contributed by atoms with Crippen LogP contribution in [0.1, 0.15) is 39.0 Å². The molecule has 11 heavy (non-hydrogen) atoms. The van der Waals surface area contributed by atoms with Gasteiger partial charge in [-0.2, -0.15) is 0 Å². The molecule has 0 bridgehead atoms. The molecule has 0 saturated carbocycles. The van der Waals surface area contributed by atoms with Gasteiger partial charge in [0.2, 0.25) is 0 Å². The van der Waals surface area contributed by atoms with Gasteiger partial charge in [0, 0.05) is 12.1 Å². The second kappa shape index (κ2) is 4.55. The van der Waals surface area contributed by atoms with Gasteiger partial charge in [0.1, 0.15) is 0 Å². The largest absolute Gasteiger partial charge is 0.312 e. The van der Waals surface area contributed by atoms with Gasteiger partial charge in [-0.3, -0.25) is 0 Å². The summed E-state index contributed by atoms with van der Waals surface area (Å²) in [5, 5.41) is 3.58. The predicted molar refractivity (Wildman–Crippen MR) is 49.7 cm³/mol. The molecule has 0 unspecified atom stereocenters. The molecule has 0 amide bonds. The molecular weight excluding hydrogens is 134 g/mol. The second-order valence-electron chi connectivity index (χ2n) is 3.56. The Morgan fingerprint density at radius 3 is 2.91 bits per heavy atom. The Kier molecular flexibility index (Phi) is 3.64. The molecule has 64 valence electrons. The lowest BCUT2D eigenvalue weighted by Crippen LogP contribution is -2.26. The van der Waals surface area contributed by atoms with Crippen molar-refractivity contribution in [3.05, 3.63) is 12.7 Å². The Hall–Kier alpha value is -0.300.